The van der Waals surface area contributed by atoms with Crippen molar-refractivity contribution in [3.05, 3.63) is 0 Å². The standard InChI is InChI=1S/C12H22N2O4S/c1-18-6-5-14(11-4-7-19(16,17)9-11)12(15)8-13-10-2-3-10/h10-11,13H,2-9H2,1H3. The summed E-state index contributed by atoms with van der Waals surface area (Å²) in [5.74, 6) is 0.252. The summed E-state index contributed by atoms with van der Waals surface area (Å²) >= 11 is 0. The second-order valence-corrected chi connectivity index (χ2v) is 7.52. The van der Waals surface area contributed by atoms with Gasteiger partial charge in [0.05, 0.1) is 24.7 Å². The molecule has 2 fully saturated rings. The average Bonchev–Trinajstić information content (AvgIpc) is 3.11. The Hall–Kier alpha value is -0.660. The molecule has 1 N–H and O–H groups in total. The number of nitrogens with zero attached hydrogens (tertiary/aromatic N) is 1. The monoisotopic (exact) mass is 290 g/mol. The third-order valence-electron chi connectivity index (χ3n) is 3.63. The number of sulfone groups is 1. The van der Waals surface area contributed by atoms with Crippen LogP contribution in [0.3, 0.4) is 0 Å². The van der Waals surface area contributed by atoms with Crippen LogP contribution in [0.2, 0.25) is 0 Å². The molecule has 1 atom stereocenters. The number of carbonyl (C=O) groups is 1. The molecule has 6 nitrogen and oxygen atoms in total. The normalized spacial score (nSPS) is 25.4. The lowest BCUT2D eigenvalue weighted by atomic mass is 10.2. The molecule has 1 saturated heterocycles. The highest BCUT2D eigenvalue weighted by molar-refractivity contribution is 7.91. The molecule has 2 rings (SSSR count). The molecule has 1 heterocycles. The van der Waals surface area contributed by atoms with Gasteiger partial charge in [-0.3, -0.25) is 4.79 Å². The maximum atomic E-state index is 12.2. The van der Waals surface area contributed by atoms with Crippen molar-refractivity contribution in [3.63, 3.8) is 0 Å². The molecule has 0 aromatic carbocycles. The lowest BCUT2D eigenvalue weighted by Gasteiger charge is -2.28. The van der Waals surface area contributed by atoms with Gasteiger partial charge in [-0.25, -0.2) is 8.42 Å². The third-order valence-corrected chi connectivity index (χ3v) is 5.38. The van der Waals surface area contributed by atoms with E-state index in [1.54, 1.807) is 12.0 Å². The van der Waals surface area contributed by atoms with Crippen LogP contribution in [-0.2, 0) is 19.4 Å². The van der Waals surface area contributed by atoms with Gasteiger partial charge in [0, 0.05) is 25.7 Å². The minimum absolute atomic E-state index is 0.0222. The van der Waals surface area contributed by atoms with E-state index in [4.69, 9.17) is 4.74 Å². The first kappa shape index (κ1) is 14.7. The molecule has 1 saturated carbocycles. The van der Waals surface area contributed by atoms with Gasteiger partial charge >= 0.3 is 0 Å². The van der Waals surface area contributed by atoms with Crippen LogP contribution < -0.4 is 5.32 Å². The zero-order valence-electron chi connectivity index (χ0n) is 11.3. The van der Waals surface area contributed by atoms with Gasteiger partial charge in [-0.1, -0.05) is 0 Å². The number of hydrogen-bond donors (Lipinski definition) is 1. The number of amides is 1. The quantitative estimate of drug-likeness (QED) is 0.678. The summed E-state index contributed by atoms with van der Waals surface area (Å²) in [6.07, 6.45) is 2.80. The molecule has 1 unspecified atom stereocenters. The van der Waals surface area contributed by atoms with E-state index in [1.165, 1.54) is 0 Å². The minimum Gasteiger partial charge on any atom is -0.383 e. The average molecular weight is 290 g/mol. The Morgan fingerprint density at radius 2 is 2.11 bits per heavy atom. The molecule has 0 bridgehead atoms. The van der Waals surface area contributed by atoms with Gasteiger partial charge in [0.2, 0.25) is 5.91 Å². The number of nitrogens with one attached hydrogen (secondary N) is 1. The Bertz CT molecular complexity index is 419. The minimum atomic E-state index is -2.97. The van der Waals surface area contributed by atoms with Crippen molar-refractivity contribution in [1.29, 1.82) is 0 Å². The fourth-order valence-corrected chi connectivity index (χ4v) is 4.07. The number of ether oxygens (including phenoxy) is 1. The molecule has 0 aromatic rings. The molecule has 0 spiro atoms. The Kier molecular flexibility index (Phi) is 4.81. The second-order valence-electron chi connectivity index (χ2n) is 5.29. The fourth-order valence-electron chi connectivity index (χ4n) is 2.34. The van der Waals surface area contributed by atoms with E-state index in [0.717, 1.165) is 12.8 Å². The van der Waals surface area contributed by atoms with Crippen molar-refractivity contribution in [1.82, 2.24) is 10.2 Å². The SMILES string of the molecule is COCCN(C(=O)CNC1CC1)C1CCS(=O)(=O)C1. The maximum Gasteiger partial charge on any atom is 0.236 e. The zero-order chi connectivity index (χ0) is 13.9. The van der Waals surface area contributed by atoms with Gasteiger partial charge in [-0.05, 0) is 19.3 Å². The summed E-state index contributed by atoms with van der Waals surface area (Å²) in [5.41, 5.74) is 0. The highest BCUT2D eigenvalue weighted by atomic mass is 32.2. The van der Waals surface area contributed by atoms with Crippen LogP contribution in [0.1, 0.15) is 19.3 Å². The molecule has 0 radical (unpaired) electrons. The largest absolute Gasteiger partial charge is 0.383 e. The van der Waals surface area contributed by atoms with E-state index in [1.807, 2.05) is 0 Å². The van der Waals surface area contributed by atoms with Gasteiger partial charge in [-0.15, -0.1) is 0 Å². The lowest BCUT2D eigenvalue weighted by Crippen LogP contribution is -2.47. The lowest BCUT2D eigenvalue weighted by molar-refractivity contribution is -0.132. The van der Waals surface area contributed by atoms with E-state index < -0.39 is 9.84 Å². The summed E-state index contributed by atoms with van der Waals surface area (Å²) in [6, 6.07) is 0.286. The van der Waals surface area contributed by atoms with Gasteiger partial charge in [0.15, 0.2) is 9.84 Å². The molecule has 1 aliphatic carbocycles. The van der Waals surface area contributed by atoms with E-state index in [2.05, 4.69) is 5.32 Å². The van der Waals surface area contributed by atoms with Crippen LogP contribution in [0.5, 0.6) is 0 Å². The Morgan fingerprint density at radius 3 is 2.63 bits per heavy atom. The first-order valence-corrected chi connectivity index (χ1v) is 8.56. The van der Waals surface area contributed by atoms with Crippen LogP contribution in [-0.4, -0.2) is 69.6 Å². The molecule has 1 aliphatic heterocycles. The third kappa shape index (κ3) is 4.43. The van der Waals surface area contributed by atoms with Crippen LogP contribution >= 0.6 is 0 Å². The Morgan fingerprint density at radius 1 is 1.37 bits per heavy atom. The van der Waals surface area contributed by atoms with Crippen molar-refractivity contribution in [3.8, 4) is 0 Å². The van der Waals surface area contributed by atoms with Crippen LogP contribution in [0.4, 0.5) is 0 Å². The molecular formula is C12H22N2O4S. The number of hydrogen-bond acceptors (Lipinski definition) is 5. The van der Waals surface area contributed by atoms with Gasteiger partial charge in [-0.2, -0.15) is 0 Å². The van der Waals surface area contributed by atoms with Crippen LogP contribution in [0, 0.1) is 0 Å². The van der Waals surface area contributed by atoms with E-state index in [-0.39, 0.29) is 23.5 Å². The van der Waals surface area contributed by atoms with Crippen molar-refractivity contribution in [2.45, 2.75) is 31.3 Å². The predicted octanol–water partition coefficient (Wildman–Crippen LogP) is -0.599. The first-order valence-electron chi connectivity index (χ1n) is 6.74. The fraction of sp³-hybridized carbons (Fsp3) is 0.917. The Balaban J connectivity index is 1.91. The van der Waals surface area contributed by atoms with E-state index >= 15 is 0 Å². The molecule has 0 aromatic heterocycles. The molecule has 2 aliphatic rings. The number of carbonyl (C=O) groups excluding carboxylic acids is 1. The van der Waals surface area contributed by atoms with E-state index in [0.29, 0.717) is 32.2 Å². The number of rotatable bonds is 7. The molecule has 19 heavy (non-hydrogen) atoms. The molecule has 7 heteroatoms. The molecular weight excluding hydrogens is 268 g/mol. The van der Waals surface area contributed by atoms with E-state index in [9.17, 15) is 13.2 Å². The van der Waals surface area contributed by atoms with Crippen molar-refractivity contribution >= 4 is 15.7 Å². The van der Waals surface area contributed by atoms with Crippen molar-refractivity contribution < 1.29 is 17.9 Å². The topological polar surface area (TPSA) is 75.7 Å². The first-order chi connectivity index (χ1) is 9.02. The highest BCUT2D eigenvalue weighted by Crippen LogP contribution is 2.20. The summed E-state index contributed by atoms with van der Waals surface area (Å²) < 4.78 is 28.1. The van der Waals surface area contributed by atoms with Gasteiger partial charge in [0.25, 0.3) is 0 Å². The van der Waals surface area contributed by atoms with Crippen molar-refractivity contribution in [2.24, 2.45) is 0 Å². The highest BCUT2D eigenvalue weighted by Gasteiger charge is 2.34. The second kappa shape index (κ2) is 6.19. The molecule has 1 amide bonds. The Labute approximate surface area is 114 Å². The number of methoxy groups -OCH3 is 1. The summed E-state index contributed by atoms with van der Waals surface area (Å²) in [5, 5.41) is 3.18. The summed E-state index contributed by atoms with van der Waals surface area (Å²) in [7, 11) is -1.39. The molecule has 110 valence electrons. The predicted molar refractivity (Wildman–Crippen MR) is 71.7 cm³/mol. The van der Waals surface area contributed by atoms with Gasteiger partial charge in [0.1, 0.15) is 0 Å². The van der Waals surface area contributed by atoms with Crippen LogP contribution in [0.15, 0.2) is 0 Å². The van der Waals surface area contributed by atoms with Gasteiger partial charge < -0.3 is 15.0 Å². The zero-order valence-corrected chi connectivity index (χ0v) is 12.1. The summed E-state index contributed by atoms with van der Waals surface area (Å²) in [4.78, 5) is 13.9. The van der Waals surface area contributed by atoms with Crippen LogP contribution in [0.25, 0.3) is 0 Å². The van der Waals surface area contributed by atoms with Crippen molar-refractivity contribution in [2.75, 3.05) is 38.3 Å². The maximum absolute atomic E-state index is 12.2. The summed E-state index contributed by atoms with van der Waals surface area (Å²) in [6.45, 7) is 1.19. The smallest absolute Gasteiger partial charge is 0.236 e.